The first-order valence-corrected chi connectivity index (χ1v) is 6.55. The molecule has 1 N–H and O–H groups in total. The molecule has 0 aliphatic rings. The molecule has 2 aromatic carbocycles. The van der Waals surface area contributed by atoms with Crippen molar-refractivity contribution in [1.29, 1.82) is 0 Å². The van der Waals surface area contributed by atoms with Gasteiger partial charge >= 0.3 is 0 Å². The van der Waals surface area contributed by atoms with Crippen molar-refractivity contribution in [2.45, 2.75) is 18.2 Å². The number of carbonyl (C=O) groups is 1. The van der Waals surface area contributed by atoms with Crippen molar-refractivity contribution < 1.29 is 13.6 Å². The number of hydrogen-bond acceptors (Lipinski definition) is 2. The zero-order chi connectivity index (χ0) is 14.7. The van der Waals surface area contributed by atoms with Gasteiger partial charge in [-0.1, -0.05) is 25.1 Å². The first kappa shape index (κ1) is 14.5. The van der Waals surface area contributed by atoms with Gasteiger partial charge in [-0.2, -0.15) is 0 Å². The van der Waals surface area contributed by atoms with Crippen molar-refractivity contribution in [3.8, 4) is 11.1 Å². The highest BCUT2D eigenvalue weighted by molar-refractivity contribution is 7.80. The van der Waals surface area contributed by atoms with Gasteiger partial charge in [-0.05, 0) is 17.7 Å². The van der Waals surface area contributed by atoms with E-state index in [1.165, 1.54) is 6.07 Å². The second-order valence-corrected chi connectivity index (χ2v) is 4.71. The van der Waals surface area contributed by atoms with Gasteiger partial charge in [0, 0.05) is 22.9 Å². The highest BCUT2D eigenvalue weighted by Crippen LogP contribution is 2.32. The van der Waals surface area contributed by atoms with Gasteiger partial charge in [0.15, 0.2) is 0 Å². The molecule has 0 spiro atoms. The van der Waals surface area contributed by atoms with Crippen molar-refractivity contribution in [1.82, 2.24) is 0 Å². The summed E-state index contributed by atoms with van der Waals surface area (Å²) in [5.74, 6) is -1.83. The first-order valence-electron chi connectivity index (χ1n) is 6.10. The number of anilines is 1. The topological polar surface area (TPSA) is 29.1 Å². The second kappa shape index (κ2) is 6.05. The van der Waals surface area contributed by atoms with Crippen LogP contribution in [0.5, 0.6) is 0 Å². The van der Waals surface area contributed by atoms with Crippen LogP contribution in [-0.4, -0.2) is 5.91 Å². The molecule has 2 rings (SSSR count). The maximum atomic E-state index is 13.9. The third-order valence-corrected chi connectivity index (χ3v) is 3.24. The van der Waals surface area contributed by atoms with Crippen LogP contribution in [0.2, 0.25) is 0 Å². The molecule has 5 heteroatoms. The van der Waals surface area contributed by atoms with E-state index >= 15 is 0 Å². The zero-order valence-electron chi connectivity index (χ0n) is 10.8. The highest BCUT2D eigenvalue weighted by atomic mass is 32.1. The van der Waals surface area contributed by atoms with Crippen molar-refractivity contribution in [2.75, 3.05) is 5.32 Å². The van der Waals surface area contributed by atoms with E-state index in [0.717, 1.165) is 6.07 Å². The predicted molar refractivity (Wildman–Crippen MR) is 78.0 cm³/mol. The van der Waals surface area contributed by atoms with Crippen molar-refractivity contribution in [2.24, 2.45) is 0 Å². The first-order chi connectivity index (χ1) is 9.52. The van der Waals surface area contributed by atoms with Crippen LogP contribution in [0.3, 0.4) is 0 Å². The molecule has 20 heavy (non-hydrogen) atoms. The highest BCUT2D eigenvalue weighted by Gasteiger charge is 2.14. The predicted octanol–water partition coefficient (Wildman–Crippen LogP) is 4.27. The van der Waals surface area contributed by atoms with Crippen LogP contribution in [-0.2, 0) is 4.79 Å². The van der Waals surface area contributed by atoms with Crippen LogP contribution in [0.25, 0.3) is 11.1 Å². The minimum atomic E-state index is -0.801. The summed E-state index contributed by atoms with van der Waals surface area (Å²) in [5.41, 5.74) is 0.702. The maximum absolute atomic E-state index is 13.9. The van der Waals surface area contributed by atoms with Crippen molar-refractivity contribution in [3.05, 3.63) is 48.0 Å². The minimum absolute atomic E-state index is 0.0372. The van der Waals surface area contributed by atoms with Crippen LogP contribution in [0.1, 0.15) is 13.3 Å². The fourth-order valence-corrected chi connectivity index (χ4v) is 2.07. The Morgan fingerprint density at radius 3 is 2.50 bits per heavy atom. The largest absolute Gasteiger partial charge is 0.324 e. The Kier molecular flexibility index (Phi) is 4.39. The molecule has 104 valence electrons. The lowest BCUT2D eigenvalue weighted by molar-refractivity contribution is -0.115. The van der Waals surface area contributed by atoms with E-state index in [1.807, 2.05) is 0 Å². The molecular weight excluding hydrogens is 280 g/mol. The van der Waals surface area contributed by atoms with Gasteiger partial charge in [-0.3, -0.25) is 4.79 Å². The number of hydrogen-bond donors (Lipinski definition) is 2. The molecule has 0 aromatic heterocycles. The number of amides is 1. The van der Waals surface area contributed by atoms with E-state index in [4.69, 9.17) is 0 Å². The smallest absolute Gasteiger partial charge is 0.224 e. The van der Waals surface area contributed by atoms with Crippen molar-refractivity contribution in [3.63, 3.8) is 0 Å². The van der Waals surface area contributed by atoms with E-state index in [1.54, 1.807) is 31.2 Å². The quantitative estimate of drug-likeness (QED) is 0.813. The summed E-state index contributed by atoms with van der Waals surface area (Å²) < 4.78 is 27.6. The van der Waals surface area contributed by atoms with Crippen LogP contribution >= 0.6 is 12.6 Å². The maximum Gasteiger partial charge on any atom is 0.224 e. The van der Waals surface area contributed by atoms with E-state index in [-0.39, 0.29) is 23.6 Å². The number of halogens is 2. The number of rotatable bonds is 3. The minimum Gasteiger partial charge on any atom is -0.324 e. The van der Waals surface area contributed by atoms with Gasteiger partial charge in [0.05, 0.1) is 5.69 Å². The summed E-state index contributed by atoms with van der Waals surface area (Å²) in [6, 6.07) is 8.96. The number of nitrogens with one attached hydrogen (secondary N) is 1. The lowest BCUT2D eigenvalue weighted by Crippen LogP contribution is -2.11. The fraction of sp³-hybridized carbons (Fsp3) is 0.133. The monoisotopic (exact) mass is 293 g/mol. The average molecular weight is 293 g/mol. The molecule has 0 saturated heterocycles. The normalized spacial score (nSPS) is 10.4. The average Bonchev–Trinajstić information content (AvgIpc) is 2.42. The standard InChI is InChI=1S/C15H13F2NOS/c1-2-15(19)18-13-7-10(11(16)8-12(13)17)9-5-3-4-6-14(9)20/h3-8,20H,2H2,1H3,(H,18,19). The van der Waals surface area contributed by atoms with Crippen LogP contribution < -0.4 is 5.32 Å². The molecule has 0 bridgehead atoms. The molecule has 0 fully saturated rings. The summed E-state index contributed by atoms with van der Waals surface area (Å²) in [4.78, 5) is 11.9. The molecule has 0 aliphatic heterocycles. The summed E-state index contributed by atoms with van der Waals surface area (Å²) in [6.07, 6.45) is 0.218. The lowest BCUT2D eigenvalue weighted by Gasteiger charge is -2.11. The summed E-state index contributed by atoms with van der Waals surface area (Å²) in [7, 11) is 0. The van der Waals surface area contributed by atoms with E-state index in [0.29, 0.717) is 10.5 Å². The molecule has 0 saturated carbocycles. The van der Waals surface area contributed by atoms with Gasteiger partial charge in [0.2, 0.25) is 5.91 Å². The Labute approximate surface area is 121 Å². The Hall–Kier alpha value is -1.88. The third kappa shape index (κ3) is 2.99. The summed E-state index contributed by atoms with van der Waals surface area (Å²) in [5, 5.41) is 2.41. The molecule has 1 amide bonds. The Bertz CT molecular complexity index is 658. The summed E-state index contributed by atoms with van der Waals surface area (Å²) >= 11 is 4.26. The van der Waals surface area contributed by atoms with E-state index in [2.05, 4.69) is 17.9 Å². The van der Waals surface area contributed by atoms with Crippen LogP contribution in [0.4, 0.5) is 14.5 Å². The van der Waals surface area contributed by atoms with Crippen LogP contribution in [0, 0.1) is 11.6 Å². The van der Waals surface area contributed by atoms with Crippen molar-refractivity contribution >= 4 is 24.2 Å². The second-order valence-electron chi connectivity index (χ2n) is 4.23. The molecule has 0 atom stereocenters. The van der Waals surface area contributed by atoms with E-state index in [9.17, 15) is 13.6 Å². The van der Waals surface area contributed by atoms with E-state index < -0.39 is 11.6 Å². The Morgan fingerprint density at radius 1 is 1.15 bits per heavy atom. The summed E-state index contributed by atoms with van der Waals surface area (Å²) in [6.45, 7) is 1.65. The molecule has 0 heterocycles. The number of benzene rings is 2. The fourth-order valence-electron chi connectivity index (χ4n) is 1.79. The molecular formula is C15H13F2NOS. The molecule has 2 nitrogen and oxygen atoms in total. The van der Waals surface area contributed by atoms with Gasteiger partial charge in [0.25, 0.3) is 0 Å². The Balaban J connectivity index is 2.52. The number of carbonyl (C=O) groups excluding carboxylic acids is 1. The van der Waals surface area contributed by atoms with Crippen LogP contribution in [0.15, 0.2) is 41.3 Å². The van der Waals surface area contributed by atoms with Gasteiger partial charge in [-0.25, -0.2) is 8.78 Å². The van der Waals surface area contributed by atoms with Gasteiger partial charge in [-0.15, -0.1) is 12.6 Å². The van der Waals surface area contributed by atoms with Gasteiger partial charge in [0.1, 0.15) is 11.6 Å². The SMILES string of the molecule is CCC(=O)Nc1cc(-c2ccccc2S)c(F)cc1F. The molecule has 0 aliphatic carbocycles. The third-order valence-electron chi connectivity index (χ3n) is 2.85. The van der Waals surface area contributed by atoms with Gasteiger partial charge < -0.3 is 5.32 Å². The molecule has 0 unspecified atom stereocenters. The lowest BCUT2D eigenvalue weighted by atomic mass is 10.0. The molecule has 2 aromatic rings. The zero-order valence-corrected chi connectivity index (χ0v) is 11.7. The molecule has 0 radical (unpaired) electrons. The number of thiol groups is 1. The Morgan fingerprint density at radius 2 is 1.85 bits per heavy atom.